The van der Waals surface area contributed by atoms with E-state index >= 15 is 0 Å². The van der Waals surface area contributed by atoms with Crippen molar-refractivity contribution in [2.24, 2.45) is 16.6 Å². The van der Waals surface area contributed by atoms with E-state index in [2.05, 4.69) is 10.3 Å². The average molecular weight is 319 g/mol. The van der Waals surface area contributed by atoms with E-state index in [1.54, 1.807) is 0 Å². The van der Waals surface area contributed by atoms with Gasteiger partial charge in [0.25, 0.3) is 0 Å². The molecule has 4 heterocycles. The van der Waals surface area contributed by atoms with Gasteiger partial charge in [-0.1, -0.05) is 0 Å². The second-order valence-corrected chi connectivity index (χ2v) is 6.22. The Bertz CT molecular complexity index is 561. The molecule has 1 spiro atoms. The summed E-state index contributed by atoms with van der Waals surface area (Å²) in [4.78, 5) is 3.70. The number of aliphatic hydroxyl groups excluding tert-OH is 4. The third-order valence-electron chi connectivity index (χ3n) is 5.22. The van der Waals surface area contributed by atoms with Crippen LogP contribution in [0.15, 0.2) is 4.99 Å². The van der Waals surface area contributed by atoms with Crippen molar-refractivity contribution in [2.75, 3.05) is 6.61 Å². The van der Waals surface area contributed by atoms with E-state index in [1.165, 1.54) is 0 Å². The van der Waals surface area contributed by atoms with Crippen LogP contribution in [0.3, 0.4) is 0 Å². The molecule has 11 heteroatoms. The third-order valence-corrected chi connectivity index (χ3v) is 5.22. The molecule has 9 N–H and O–H groups in total. The molecule has 22 heavy (non-hydrogen) atoms. The van der Waals surface area contributed by atoms with Crippen LogP contribution >= 0.6 is 0 Å². The Morgan fingerprint density at radius 2 is 1.82 bits per heavy atom. The first-order valence-electron chi connectivity index (χ1n) is 6.77. The summed E-state index contributed by atoms with van der Waals surface area (Å²) in [6.07, 6.45) is -7.77. The number of hydrogen-bond donors (Lipinski definition) is 8. The van der Waals surface area contributed by atoms with E-state index in [-0.39, 0.29) is 5.96 Å². The summed E-state index contributed by atoms with van der Waals surface area (Å²) in [5, 5.41) is 64.3. The van der Waals surface area contributed by atoms with E-state index in [4.69, 9.17) is 15.2 Å². The number of aliphatic imine (C=N–C) groups is 1. The van der Waals surface area contributed by atoms with Gasteiger partial charge in [0.1, 0.15) is 29.5 Å². The maximum atomic E-state index is 10.6. The molecule has 4 unspecified atom stereocenters. The van der Waals surface area contributed by atoms with E-state index in [1.807, 2.05) is 0 Å². The van der Waals surface area contributed by atoms with Crippen LogP contribution in [0.2, 0.25) is 0 Å². The van der Waals surface area contributed by atoms with Gasteiger partial charge in [0.15, 0.2) is 18.3 Å². The number of hydrogen-bond acceptors (Lipinski definition) is 11. The smallest absolute Gasteiger partial charge is 0.311 e. The zero-order chi connectivity index (χ0) is 16.1. The van der Waals surface area contributed by atoms with Crippen molar-refractivity contribution >= 4 is 5.96 Å². The van der Waals surface area contributed by atoms with Gasteiger partial charge < -0.3 is 51.2 Å². The highest BCUT2D eigenvalue weighted by Gasteiger charge is 2.82. The van der Waals surface area contributed by atoms with Crippen LogP contribution in [-0.4, -0.2) is 91.0 Å². The zero-order valence-corrected chi connectivity index (χ0v) is 11.2. The van der Waals surface area contributed by atoms with Crippen LogP contribution in [0.1, 0.15) is 0 Å². The lowest BCUT2D eigenvalue weighted by molar-refractivity contribution is -0.548. The number of nitrogens with two attached hydrogens (primary N) is 1. The monoisotopic (exact) mass is 319 g/mol. The maximum Gasteiger partial charge on any atom is 0.311 e. The fourth-order valence-corrected chi connectivity index (χ4v) is 4.24. The highest BCUT2D eigenvalue weighted by atomic mass is 16.9. The second kappa shape index (κ2) is 3.88. The summed E-state index contributed by atoms with van der Waals surface area (Å²) in [5.41, 5.74) is 1.74. The Morgan fingerprint density at radius 1 is 1.18 bits per heavy atom. The predicted octanol–water partition coefficient (Wildman–Crippen LogP) is -5.52. The van der Waals surface area contributed by atoms with Gasteiger partial charge in [-0.15, -0.1) is 0 Å². The number of ether oxygens (including phenoxy) is 2. The summed E-state index contributed by atoms with van der Waals surface area (Å²) in [5.74, 6) is -3.95. The summed E-state index contributed by atoms with van der Waals surface area (Å²) in [7, 11) is 0. The number of guanidine groups is 1. The molecule has 0 aromatic carbocycles. The normalized spacial score (nSPS) is 62.4. The molecule has 5 rings (SSSR count). The number of nitrogens with one attached hydrogen (secondary N) is 1. The molecule has 4 aliphatic heterocycles. The zero-order valence-electron chi connectivity index (χ0n) is 11.2. The molecule has 1 aliphatic carbocycles. The fourth-order valence-electron chi connectivity index (χ4n) is 4.24. The minimum atomic E-state index is -2.52. The molecule has 11 nitrogen and oxygen atoms in total. The van der Waals surface area contributed by atoms with Gasteiger partial charge >= 0.3 is 5.97 Å². The quantitative estimate of drug-likeness (QED) is 0.231. The lowest BCUT2D eigenvalue weighted by Crippen LogP contribution is -2.95. The largest absolute Gasteiger partial charge is 0.393 e. The fraction of sp³-hybridized carbons (Fsp3) is 0.909. The van der Waals surface area contributed by atoms with Gasteiger partial charge in [-0.05, 0) is 0 Å². The summed E-state index contributed by atoms with van der Waals surface area (Å²) in [6.45, 7) is -0.857. The first-order chi connectivity index (χ1) is 10.2. The molecule has 4 fully saturated rings. The topological polar surface area (TPSA) is 190 Å². The van der Waals surface area contributed by atoms with Crippen molar-refractivity contribution in [2.45, 2.75) is 47.8 Å². The molecular weight excluding hydrogens is 302 g/mol. The van der Waals surface area contributed by atoms with Gasteiger partial charge in [0, 0.05) is 0 Å². The summed E-state index contributed by atoms with van der Waals surface area (Å²) < 4.78 is 10.3. The Hall–Kier alpha value is -1.05. The van der Waals surface area contributed by atoms with Crippen molar-refractivity contribution in [1.29, 1.82) is 0 Å². The molecular formula is C11H17N3O8. The number of rotatable bonds is 1. The van der Waals surface area contributed by atoms with Crippen LogP contribution in [0, 0.1) is 5.92 Å². The van der Waals surface area contributed by atoms with Crippen molar-refractivity contribution in [3.05, 3.63) is 0 Å². The van der Waals surface area contributed by atoms with E-state index < -0.39 is 60.3 Å². The predicted molar refractivity (Wildman–Crippen MR) is 65.7 cm³/mol. The Balaban J connectivity index is 1.95. The first-order valence-corrected chi connectivity index (χ1v) is 6.77. The SMILES string of the molecule is NC1=N[C@H](O)[C@@H]2C3O[C@]4(O)O[C@H](C(O)C2(N1)[C@@H]4O)C3(O)CO. The lowest BCUT2D eigenvalue weighted by Gasteiger charge is -2.71. The Morgan fingerprint density at radius 3 is 2.45 bits per heavy atom. The van der Waals surface area contributed by atoms with E-state index in [0.717, 1.165) is 0 Å². The molecule has 0 radical (unpaired) electrons. The standard InChI is InChI=1S/C11H17N3O8/c12-8-13-6(17)2-4-9(19,1-15)5-3(16)10(2,14-8)7(18)11(20,21-4)22-5/h2-7,15-20H,1H2,(H3,12,13,14)/t2-,3?,4?,5+,6+,7-,9?,10?,11-/m0/s1. The summed E-state index contributed by atoms with van der Waals surface area (Å²) >= 11 is 0. The third kappa shape index (κ3) is 1.28. The molecule has 3 saturated heterocycles. The average Bonchev–Trinajstić information content (AvgIpc) is 2.45. The highest BCUT2D eigenvalue weighted by Crippen LogP contribution is 2.58. The summed E-state index contributed by atoms with van der Waals surface area (Å²) in [6, 6.07) is 0. The van der Waals surface area contributed by atoms with Crippen LogP contribution in [0.4, 0.5) is 0 Å². The van der Waals surface area contributed by atoms with Crippen molar-refractivity contribution in [3.63, 3.8) is 0 Å². The van der Waals surface area contributed by atoms with E-state index in [9.17, 15) is 30.6 Å². The van der Waals surface area contributed by atoms with Crippen LogP contribution < -0.4 is 11.1 Å². The molecule has 0 aromatic heterocycles. The van der Waals surface area contributed by atoms with Gasteiger partial charge in [0.2, 0.25) is 0 Å². The molecule has 1 saturated carbocycles. The van der Waals surface area contributed by atoms with Gasteiger partial charge in [-0.3, -0.25) is 0 Å². The molecule has 5 aliphatic rings. The van der Waals surface area contributed by atoms with Crippen molar-refractivity contribution in [1.82, 2.24) is 5.32 Å². The molecule has 124 valence electrons. The molecule has 9 atom stereocenters. The molecule has 0 aromatic rings. The Labute approximate surface area is 123 Å². The number of nitrogens with zero attached hydrogens (tertiary/aromatic N) is 1. The van der Waals surface area contributed by atoms with Gasteiger partial charge in [0.05, 0.1) is 12.5 Å². The van der Waals surface area contributed by atoms with E-state index in [0.29, 0.717) is 0 Å². The highest BCUT2D eigenvalue weighted by molar-refractivity contribution is 5.80. The first kappa shape index (κ1) is 14.5. The van der Waals surface area contributed by atoms with Gasteiger partial charge in [-0.25, -0.2) is 4.99 Å². The van der Waals surface area contributed by atoms with Crippen LogP contribution in [0.25, 0.3) is 0 Å². The maximum absolute atomic E-state index is 10.6. The van der Waals surface area contributed by atoms with Gasteiger partial charge in [-0.2, -0.15) is 0 Å². The van der Waals surface area contributed by atoms with Crippen LogP contribution in [-0.2, 0) is 9.47 Å². The minimum Gasteiger partial charge on any atom is -0.393 e. The van der Waals surface area contributed by atoms with Crippen LogP contribution in [0.5, 0.6) is 0 Å². The molecule has 4 bridgehead atoms. The minimum absolute atomic E-state index is 0.250. The Kier molecular flexibility index (Phi) is 2.57. The van der Waals surface area contributed by atoms with Crippen molar-refractivity contribution in [3.8, 4) is 0 Å². The lowest BCUT2D eigenvalue weighted by atomic mass is 9.55. The number of aliphatic hydroxyl groups is 6. The molecule has 0 amide bonds. The second-order valence-electron chi connectivity index (χ2n) is 6.22. The van der Waals surface area contributed by atoms with Crippen molar-refractivity contribution < 1.29 is 40.1 Å².